The molecule has 1 saturated heterocycles. The van der Waals surface area contributed by atoms with E-state index in [4.69, 9.17) is 0 Å². The van der Waals surface area contributed by atoms with Gasteiger partial charge < -0.3 is 5.32 Å². The first-order valence-electron chi connectivity index (χ1n) is 5.41. The van der Waals surface area contributed by atoms with E-state index in [1.165, 1.54) is 6.26 Å². The Morgan fingerprint density at radius 3 is 2.40 bits per heavy atom. The number of hydrogen-bond acceptors (Lipinski definition) is 3. The molecule has 4 nitrogen and oxygen atoms in total. The number of nitrogens with zero attached hydrogens (tertiary/aromatic N) is 1. The molecule has 1 aliphatic rings. The van der Waals surface area contributed by atoms with Gasteiger partial charge in [0.1, 0.15) is 0 Å². The molecule has 1 N–H and O–H groups in total. The van der Waals surface area contributed by atoms with Gasteiger partial charge in [0.15, 0.2) is 0 Å². The zero-order valence-corrected chi connectivity index (χ0v) is 10.9. The van der Waals surface area contributed by atoms with Crippen LogP contribution in [-0.4, -0.2) is 43.6 Å². The summed E-state index contributed by atoms with van der Waals surface area (Å²) in [7, 11) is -3.02. The van der Waals surface area contributed by atoms with Crippen molar-refractivity contribution in [2.24, 2.45) is 0 Å². The van der Waals surface area contributed by atoms with Crippen molar-refractivity contribution >= 4 is 10.0 Å². The molecule has 15 heavy (non-hydrogen) atoms. The Morgan fingerprint density at radius 1 is 1.33 bits per heavy atom. The highest BCUT2D eigenvalue weighted by Gasteiger charge is 2.27. The molecular weight excluding hydrogens is 212 g/mol. The second-order valence-electron chi connectivity index (χ2n) is 5.35. The van der Waals surface area contributed by atoms with E-state index < -0.39 is 10.0 Å². The summed E-state index contributed by atoms with van der Waals surface area (Å²) < 4.78 is 24.4. The molecule has 0 aromatic rings. The van der Waals surface area contributed by atoms with E-state index in [0.717, 1.165) is 12.8 Å². The van der Waals surface area contributed by atoms with Crippen molar-refractivity contribution in [3.63, 3.8) is 0 Å². The van der Waals surface area contributed by atoms with Gasteiger partial charge in [0.05, 0.1) is 6.26 Å². The second-order valence-corrected chi connectivity index (χ2v) is 7.34. The topological polar surface area (TPSA) is 49.4 Å². The maximum atomic E-state index is 11.4. The fourth-order valence-electron chi connectivity index (χ4n) is 1.97. The predicted molar refractivity (Wildman–Crippen MR) is 62.3 cm³/mol. The first-order valence-corrected chi connectivity index (χ1v) is 7.26. The average Bonchev–Trinajstić information content (AvgIpc) is 1.99. The third-order valence-electron chi connectivity index (χ3n) is 2.49. The summed E-state index contributed by atoms with van der Waals surface area (Å²) in [6, 6.07) is 0.286. The summed E-state index contributed by atoms with van der Waals surface area (Å²) in [5, 5.41) is 3.45. The fourth-order valence-corrected chi connectivity index (χ4v) is 2.89. The van der Waals surface area contributed by atoms with E-state index in [9.17, 15) is 8.42 Å². The molecule has 1 aliphatic heterocycles. The number of sulfonamides is 1. The van der Waals surface area contributed by atoms with Gasteiger partial charge in [-0.15, -0.1) is 0 Å². The molecule has 5 heteroatoms. The van der Waals surface area contributed by atoms with E-state index in [0.29, 0.717) is 13.1 Å². The molecule has 0 aromatic carbocycles. The van der Waals surface area contributed by atoms with Crippen LogP contribution in [0.4, 0.5) is 0 Å². The van der Waals surface area contributed by atoms with Crippen LogP contribution in [0, 0.1) is 0 Å². The summed E-state index contributed by atoms with van der Waals surface area (Å²) in [6.07, 6.45) is 3.29. The SMILES string of the molecule is CC(C)(C)NC1CCCN(S(C)(=O)=O)C1. The van der Waals surface area contributed by atoms with E-state index >= 15 is 0 Å². The normalized spacial score (nSPS) is 25.5. The zero-order chi connectivity index (χ0) is 11.7. The Labute approximate surface area is 93.1 Å². The van der Waals surface area contributed by atoms with Gasteiger partial charge in [-0.2, -0.15) is 0 Å². The van der Waals surface area contributed by atoms with Crippen molar-refractivity contribution in [3.05, 3.63) is 0 Å². The lowest BCUT2D eigenvalue weighted by Crippen LogP contribution is -2.52. The predicted octanol–water partition coefficient (Wildman–Crippen LogP) is 0.798. The molecule has 0 saturated carbocycles. The van der Waals surface area contributed by atoms with E-state index in [2.05, 4.69) is 26.1 Å². The van der Waals surface area contributed by atoms with Crippen LogP contribution >= 0.6 is 0 Å². The maximum absolute atomic E-state index is 11.4. The molecular formula is C10H22N2O2S. The summed E-state index contributed by atoms with van der Waals surface area (Å²) in [5.74, 6) is 0. The van der Waals surface area contributed by atoms with Gasteiger partial charge in [0, 0.05) is 24.7 Å². The van der Waals surface area contributed by atoms with Crippen LogP contribution in [0.15, 0.2) is 0 Å². The molecule has 0 aromatic heterocycles. The monoisotopic (exact) mass is 234 g/mol. The Hall–Kier alpha value is -0.130. The summed E-state index contributed by atoms with van der Waals surface area (Å²) in [5.41, 5.74) is 0.0468. The van der Waals surface area contributed by atoms with Crippen molar-refractivity contribution in [2.75, 3.05) is 19.3 Å². The van der Waals surface area contributed by atoms with E-state index in [1.54, 1.807) is 4.31 Å². The van der Waals surface area contributed by atoms with Crippen LogP contribution in [0.5, 0.6) is 0 Å². The Morgan fingerprint density at radius 2 is 1.93 bits per heavy atom. The highest BCUT2D eigenvalue weighted by atomic mass is 32.2. The Kier molecular flexibility index (Phi) is 3.79. The van der Waals surface area contributed by atoms with E-state index in [-0.39, 0.29) is 11.6 Å². The third-order valence-corrected chi connectivity index (χ3v) is 3.76. The van der Waals surface area contributed by atoms with E-state index in [1.807, 2.05) is 0 Å². The number of hydrogen-bond donors (Lipinski definition) is 1. The lowest BCUT2D eigenvalue weighted by Gasteiger charge is -2.35. The summed E-state index contributed by atoms with van der Waals surface area (Å²) >= 11 is 0. The van der Waals surface area contributed by atoms with Crippen LogP contribution in [0.3, 0.4) is 0 Å². The lowest BCUT2D eigenvalue weighted by molar-refractivity contribution is 0.245. The van der Waals surface area contributed by atoms with Gasteiger partial charge in [-0.25, -0.2) is 12.7 Å². The van der Waals surface area contributed by atoms with Crippen molar-refractivity contribution in [1.82, 2.24) is 9.62 Å². The lowest BCUT2D eigenvalue weighted by atomic mass is 10.0. The molecule has 0 aliphatic carbocycles. The molecule has 0 radical (unpaired) electrons. The highest BCUT2D eigenvalue weighted by molar-refractivity contribution is 7.88. The molecule has 0 amide bonds. The molecule has 0 spiro atoms. The smallest absolute Gasteiger partial charge is 0.211 e. The van der Waals surface area contributed by atoms with Crippen molar-refractivity contribution in [3.8, 4) is 0 Å². The second kappa shape index (κ2) is 4.39. The van der Waals surface area contributed by atoms with Crippen LogP contribution in [0.1, 0.15) is 33.6 Å². The van der Waals surface area contributed by atoms with Gasteiger partial charge in [-0.05, 0) is 33.6 Å². The summed E-state index contributed by atoms with van der Waals surface area (Å²) in [4.78, 5) is 0. The van der Waals surface area contributed by atoms with Crippen LogP contribution in [0.25, 0.3) is 0 Å². The first kappa shape index (κ1) is 12.9. The number of piperidine rings is 1. The van der Waals surface area contributed by atoms with Gasteiger partial charge in [0.2, 0.25) is 10.0 Å². The van der Waals surface area contributed by atoms with Crippen LogP contribution < -0.4 is 5.32 Å². The fraction of sp³-hybridized carbons (Fsp3) is 1.00. The van der Waals surface area contributed by atoms with Crippen LogP contribution in [0.2, 0.25) is 0 Å². The van der Waals surface area contributed by atoms with Crippen molar-refractivity contribution in [1.29, 1.82) is 0 Å². The zero-order valence-electron chi connectivity index (χ0n) is 10.1. The molecule has 1 atom stereocenters. The third kappa shape index (κ3) is 4.49. The first-order chi connectivity index (χ1) is 6.68. The largest absolute Gasteiger partial charge is 0.308 e. The molecule has 1 heterocycles. The van der Waals surface area contributed by atoms with Crippen LogP contribution in [-0.2, 0) is 10.0 Å². The number of rotatable bonds is 2. The highest BCUT2D eigenvalue weighted by Crippen LogP contribution is 2.15. The molecule has 90 valence electrons. The average molecular weight is 234 g/mol. The van der Waals surface area contributed by atoms with Crippen molar-refractivity contribution in [2.45, 2.75) is 45.2 Å². The maximum Gasteiger partial charge on any atom is 0.211 e. The Balaban J connectivity index is 2.57. The standard InChI is InChI=1S/C10H22N2O2S/c1-10(2,3)11-9-6-5-7-12(8-9)15(4,13)14/h9,11H,5-8H2,1-4H3. The molecule has 1 rings (SSSR count). The quantitative estimate of drug-likeness (QED) is 0.769. The number of nitrogens with one attached hydrogen (secondary N) is 1. The van der Waals surface area contributed by atoms with Gasteiger partial charge >= 0.3 is 0 Å². The molecule has 1 fully saturated rings. The van der Waals surface area contributed by atoms with Gasteiger partial charge in [0.25, 0.3) is 0 Å². The van der Waals surface area contributed by atoms with Gasteiger partial charge in [-0.1, -0.05) is 0 Å². The van der Waals surface area contributed by atoms with Gasteiger partial charge in [-0.3, -0.25) is 0 Å². The minimum absolute atomic E-state index is 0.0468. The summed E-state index contributed by atoms with van der Waals surface area (Å²) in [6.45, 7) is 7.59. The molecule has 1 unspecified atom stereocenters. The minimum Gasteiger partial charge on any atom is -0.308 e. The molecule has 0 bridgehead atoms. The minimum atomic E-state index is -3.02. The Bertz CT molecular complexity index is 306. The van der Waals surface area contributed by atoms with Crippen molar-refractivity contribution < 1.29 is 8.42 Å².